The molecule has 4 rings (SSSR count). The first kappa shape index (κ1) is 19.6. The highest BCUT2D eigenvalue weighted by atomic mass is 16.5. The molecule has 3 aromatic rings. The fourth-order valence-electron chi connectivity index (χ4n) is 3.51. The van der Waals surface area contributed by atoms with Crippen molar-refractivity contribution in [2.75, 3.05) is 18.1 Å². The highest BCUT2D eigenvalue weighted by Gasteiger charge is 2.46. The number of ether oxygens (including phenoxy) is 1. The molecule has 152 valence electrons. The van der Waals surface area contributed by atoms with E-state index in [2.05, 4.69) is 5.10 Å². The van der Waals surface area contributed by atoms with Crippen LogP contribution in [0.2, 0.25) is 0 Å². The van der Waals surface area contributed by atoms with Crippen LogP contribution in [0.4, 0.5) is 5.82 Å². The van der Waals surface area contributed by atoms with Gasteiger partial charge < -0.3 is 4.74 Å². The van der Waals surface area contributed by atoms with E-state index in [9.17, 15) is 14.4 Å². The van der Waals surface area contributed by atoms with Crippen LogP contribution >= 0.6 is 0 Å². The van der Waals surface area contributed by atoms with Crippen LogP contribution in [0.1, 0.15) is 17.3 Å². The maximum atomic E-state index is 13.1. The second-order valence-electron chi connectivity index (χ2n) is 6.91. The summed E-state index contributed by atoms with van der Waals surface area (Å²) in [6, 6.07) is 20.8. The zero-order valence-electron chi connectivity index (χ0n) is 16.5. The minimum Gasteiger partial charge on any atom is -0.465 e. The summed E-state index contributed by atoms with van der Waals surface area (Å²) in [4.78, 5) is 40.0. The molecule has 1 aliphatic heterocycles. The molecule has 0 N–H and O–H groups in total. The SMILES string of the molecule is CCOC(=O)C1C(=O)N(CCc2ccccc2)c2cc(-c3ccccc3)nn2C1=O. The van der Waals surface area contributed by atoms with Crippen molar-refractivity contribution in [1.29, 1.82) is 0 Å². The van der Waals surface area contributed by atoms with E-state index in [1.54, 1.807) is 13.0 Å². The molecule has 1 aromatic heterocycles. The summed E-state index contributed by atoms with van der Waals surface area (Å²) in [6.07, 6.45) is 0.572. The van der Waals surface area contributed by atoms with Gasteiger partial charge in [-0.2, -0.15) is 9.78 Å². The molecule has 1 atom stereocenters. The molecule has 0 fully saturated rings. The van der Waals surface area contributed by atoms with Gasteiger partial charge in [0.1, 0.15) is 5.82 Å². The van der Waals surface area contributed by atoms with Crippen LogP contribution in [0.3, 0.4) is 0 Å². The van der Waals surface area contributed by atoms with E-state index >= 15 is 0 Å². The second-order valence-corrected chi connectivity index (χ2v) is 6.91. The molecule has 2 heterocycles. The third kappa shape index (κ3) is 3.61. The van der Waals surface area contributed by atoms with Gasteiger partial charge in [0.15, 0.2) is 0 Å². The maximum Gasteiger partial charge on any atom is 0.328 e. The number of fused-ring (bicyclic) bond motifs is 1. The van der Waals surface area contributed by atoms with E-state index in [-0.39, 0.29) is 6.61 Å². The van der Waals surface area contributed by atoms with E-state index in [1.165, 1.54) is 4.90 Å². The van der Waals surface area contributed by atoms with Crippen molar-refractivity contribution >= 4 is 23.6 Å². The van der Waals surface area contributed by atoms with Gasteiger partial charge in [-0.25, -0.2) is 0 Å². The summed E-state index contributed by atoms with van der Waals surface area (Å²) < 4.78 is 6.14. The molecule has 1 aliphatic rings. The van der Waals surface area contributed by atoms with Gasteiger partial charge in [0.25, 0.3) is 11.8 Å². The smallest absolute Gasteiger partial charge is 0.328 e. The lowest BCUT2D eigenvalue weighted by atomic mass is 10.0. The molecule has 0 aliphatic carbocycles. The fourth-order valence-corrected chi connectivity index (χ4v) is 3.51. The standard InChI is InChI=1S/C23H21N3O4/c1-2-30-23(29)20-21(27)25(14-13-16-9-5-3-6-10-16)19-15-18(24-26(19)22(20)28)17-11-7-4-8-12-17/h3-12,15,20H,2,13-14H2,1H3. The molecular formula is C23H21N3O4. The largest absolute Gasteiger partial charge is 0.465 e. The molecule has 7 nitrogen and oxygen atoms in total. The lowest BCUT2D eigenvalue weighted by Crippen LogP contribution is -2.51. The summed E-state index contributed by atoms with van der Waals surface area (Å²) >= 11 is 0. The van der Waals surface area contributed by atoms with E-state index in [0.717, 1.165) is 15.8 Å². The van der Waals surface area contributed by atoms with E-state index in [4.69, 9.17) is 4.74 Å². The third-order valence-corrected chi connectivity index (χ3v) is 4.99. The number of carbonyl (C=O) groups excluding carboxylic acids is 3. The number of aromatic nitrogens is 2. The lowest BCUT2D eigenvalue weighted by molar-refractivity contribution is -0.149. The van der Waals surface area contributed by atoms with Crippen molar-refractivity contribution in [2.24, 2.45) is 5.92 Å². The van der Waals surface area contributed by atoms with Crippen LogP contribution < -0.4 is 4.90 Å². The van der Waals surface area contributed by atoms with Crippen LogP contribution in [-0.2, 0) is 20.7 Å². The molecule has 0 bridgehead atoms. The predicted octanol–water partition coefficient (Wildman–Crippen LogP) is 2.96. The highest BCUT2D eigenvalue weighted by Crippen LogP contribution is 2.30. The molecular weight excluding hydrogens is 382 g/mol. The van der Waals surface area contributed by atoms with Crippen molar-refractivity contribution in [3.05, 3.63) is 72.3 Å². The Morgan fingerprint density at radius 1 is 1.00 bits per heavy atom. The van der Waals surface area contributed by atoms with Gasteiger partial charge in [-0.1, -0.05) is 60.7 Å². The Labute approximate surface area is 173 Å². The number of benzene rings is 2. The molecule has 0 saturated heterocycles. The van der Waals surface area contributed by atoms with E-state index < -0.39 is 23.7 Å². The summed E-state index contributed by atoms with van der Waals surface area (Å²) in [5, 5.41) is 4.40. The summed E-state index contributed by atoms with van der Waals surface area (Å²) in [7, 11) is 0. The average molecular weight is 403 g/mol. The van der Waals surface area contributed by atoms with E-state index in [1.807, 2.05) is 60.7 Å². The van der Waals surface area contributed by atoms with Gasteiger partial charge >= 0.3 is 5.97 Å². The first-order chi connectivity index (χ1) is 14.6. The van der Waals surface area contributed by atoms with Crippen molar-refractivity contribution in [1.82, 2.24) is 9.78 Å². The number of carbonyl (C=O) groups is 3. The maximum absolute atomic E-state index is 13.1. The molecule has 2 aromatic carbocycles. The monoisotopic (exact) mass is 403 g/mol. The lowest BCUT2D eigenvalue weighted by Gasteiger charge is -2.30. The van der Waals surface area contributed by atoms with Gasteiger partial charge in [0.05, 0.1) is 12.3 Å². The van der Waals surface area contributed by atoms with E-state index in [0.29, 0.717) is 24.5 Å². The van der Waals surface area contributed by atoms with Gasteiger partial charge in [-0.15, -0.1) is 0 Å². The minimum absolute atomic E-state index is 0.0845. The molecule has 30 heavy (non-hydrogen) atoms. The van der Waals surface area contributed by atoms with Crippen LogP contribution in [0.25, 0.3) is 11.3 Å². The second kappa shape index (κ2) is 8.32. The molecule has 7 heteroatoms. The molecule has 0 spiro atoms. The Morgan fingerprint density at radius 2 is 1.67 bits per heavy atom. The number of esters is 1. The van der Waals surface area contributed by atoms with Gasteiger partial charge in [-0.3, -0.25) is 19.3 Å². The molecule has 1 unspecified atom stereocenters. The Hall–Kier alpha value is -3.74. The number of hydrogen-bond acceptors (Lipinski definition) is 5. The summed E-state index contributed by atoms with van der Waals surface area (Å²) in [6.45, 7) is 2.03. The van der Waals surface area contributed by atoms with Crippen molar-refractivity contribution in [2.45, 2.75) is 13.3 Å². The van der Waals surface area contributed by atoms with Crippen LogP contribution in [0.5, 0.6) is 0 Å². The van der Waals surface area contributed by atoms with Crippen LogP contribution in [0.15, 0.2) is 66.7 Å². The zero-order chi connectivity index (χ0) is 21.1. The quantitative estimate of drug-likeness (QED) is 0.467. The third-order valence-electron chi connectivity index (χ3n) is 4.99. The number of anilines is 1. The molecule has 0 radical (unpaired) electrons. The van der Waals surface area contributed by atoms with Gasteiger partial charge in [0, 0.05) is 18.2 Å². The predicted molar refractivity (Wildman–Crippen MR) is 111 cm³/mol. The minimum atomic E-state index is -1.54. The first-order valence-corrected chi connectivity index (χ1v) is 9.81. The topological polar surface area (TPSA) is 81.5 Å². The Morgan fingerprint density at radius 3 is 2.33 bits per heavy atom. The average Bonchev–Trinajstić information content (AvgIpc) is 3.21. The Kier molecular flexibility index (Phi) is 5.43. The number of hydrogen-bond donors (Lipinski definition) is 0. The Balaban J connectivity index is 1.73. The van der Waals surface area contributed by atoms with Crippen molar-refractivity contribution in [3.8, 4) is 11.3 Å². The number of amides is 1. The van der Waals surface area contributed by atoms with Crippen molar-refractivity contribution < 1.29 is 19.1 Å². The number of nitrogens with zero attached hydrogens (tertiary/aromatic N) is 3. The summed E-state index contributed by atoms with van der Waals surface area (Å²) in [5.41, 5.74) is 2.42. The zero-order valence-corrected chi connectivity index (χ0v) is 16.5. The van der Waals surface area contributed by atoms with Crippen LogP contribution in [0, 0.1) is 5.92 Å². The van der Waals surface area contributed by atoms with Crippen LogP contribution in [-0.4, -0.2) is 40.7 Å². The summed E-state index contributed by atoms with van der Waals surface area (Å²) in [5.74, 6) is -3.30. The first-order valence-electron chi connectivity index (χ1n) is 9.81. The molecule has 1 amide bonds. The molecule has 0 saturated carbocycles. The van der Waals surface area contributed by atoms with Gasteiger partial charge in [-0.05, 0) is 18.9 Å². The fraction of sp³-hybridized carbons (Fsp3) is 0.217. The van der Waals surface area contributed by atoms with Crippen molar-refractivity contribution in [3.63, 3.8) is 0 Å². The highest BCUT2D eigenvalue weighted by molar-refractivity contribution is 6.23. The van der Waals surface area contributed by atoms with Gasteiger partial charge in [0.2, 0.25) is 5.92 Å². The normalized spacial score (nSPS) is 15.8. The number of rotatable bonds is 6. The Bertz CT molecular complexity index is 1080.